The zero-order chi connectivity index (χ0) is 18.7. The Labute approximate surface area is 162 Å². The topological polar surface area (TPSA) is 70.2 Å². The minimum atomic E-state index is -0.493. The SMILES string of the molecule is CC(Nc1ccc(C(=O)NC2CC2)cc1)C(=O)Nc1ccc(Cl)cc1Cl. The highest BCUT2D eigenvalue weighted by Crippen LogP contribution is 2.25. The number of carbonyl (C=O) groups excluding carboxylic acids is 2. The molecule has 0 spiro atoms. The summed E-state index contributed by atoms with van der Waals surface area (Å²) in [5.41, 5.74) is 1.85. The van der Waals surface area contributed by atoms with Gasteiger partial charge in [0.25, 0.3) is 5.91 Å². The zero-order valence-electron chi connectivity index (χ0n) is 14.2. The second kappa shape index (κ2) is 7.98. The van der Waals surface area contributed by atoms with Crippen LogP contribution in [0.5, 0.6) is 0 Å². The molecule has 2 amide bonds. The lowest BCUT2D eigenvalue weighted by atomic mass is 10.1. The highest BCUT2D eigenvalue weighted by Gasteiger charge is 2.23. The second-order valence-corrected chi connectivity index (χ2v) is 7.15. The molecule has 1 aliphatic rings. The fourth-order valence-corrected chi connectivity index (χ4v) is 2.82. The number of halogens is 2. The molecule has 2 aromatic carbocycles. The number of carbonyl (C=O) groups is 2. The lowest BCUT2D eigenvalue weighted by Gasteiger charge is -2.16. The lowest BCUT2D eigenvalue weighted by molar-refractivity contribution is -0.116. The van der Waals surface area contributed by atoms with Gasteiger partial charge in [0.15, 0.2) is 0 Å². The van der Waals surface area contributed by atoms with Crippen molar-refractivity contribution in [3.63, 3.8) is 0 Å². The largest absolute Gasteiger partial charge is 0.374 e. The summed E-state index contributed by atoms with van der Waals surface area (Å²) in [4.78, 5) is 24.3. The number of rotatable bonds is 6. The molecule has 2 aromatic rings. The van der Waals surface area contributed by atoms with Crippen LogP contribution < -0.4 is 16.0 Å². The van der Waals surface area contributed by atoms with Gasteiger partial charge in [0.05, 0.1) is 10.7 Å². The van der Waals surface area contributed by atoms with E-state index in [1.165, 1.54) is 0 Å². The van der Waals surface area contributed by atoms with E-state index in [2.05, 4.69) is 16.0 Å². The lowest BCUT2D eigenvalue weighted by Crippen LogP contribution is -2.32. The molecule has 0 aromatic heterocycles. The van der Waals surface area contributed by atoms with Crippen LogP contribution in [0.4, 0.5) is 11.4 Å². The van der Waals surface area contributed by atoms with Crippen molar-refractivity contribution in [1.82, 2.24) is 5.32 Å². The van der Waals surface area contributed by atoms with Crippen molar-refractivity contribution in [2.45, 2.75) is 31.8 Å². The van der Waals surface area contributed by atoms with Crippen molar-refractivity contribution >= 4 is 46.4 Å². The highest BCUT2D eigenvalue weighted by molar-refractivity contribution is 6.36. The first-order chi connectivity index (χ1) is 12.4. The molecule has 136 valence electrons. The molecule has 5 nitrogen and oxygen atoms in total. The van der Waals surface area contributed by atoms with Gasteiger partial charge in [-0.1, -0.05) is 23.2 Å². The van der Waals surface area contributed by atoms with Crippen LogP contribution in [0.1, 0.15) is 30.1 Å². The molecule has 0 bridgehead atoms. The van der Waals surface area contributed by atoms with E-state index in [4.69, 9.17) is 23.2 Å². The zero-order valence-corrected chi connectivity index (χ0v) is 15.7. The van der Waals surface area contributed by atoms with Gasteiger partial charge >= 0.3 is 0 Å². The van der Waals surface area contributed by atoms with Crippen molar-refractivity contribution < 1.29 is 9.59 Å². The van der Waals surface area contributed by atoms with Crippen LogP contribution in [-0.4, -0.2) is 23.9 Å². The third-order valence-corrected chi connectivity index (χ3v) is 4.57. The van der Waals surface area contributed by atoms with Crippen molar-refractivity contribution in [3.05, 3.63) is 58.1 Å². The van der Waals surface area contributed by atoms with E-state index >= 15 is 0 Å². The van der Waals surface area contributed by atoms with E-state index in [0.29, 0.717) is 27.3 Å². The Balaban J connectivity index is 1.57. The quantitative estimate of drug-likeness (QED) is 0.686. The summed E-state index contributed by atoms with van der Waals surface area (Å²) in [7, 11) is 0. The Hall–Kier alpha value is -2.24. The van der Waals surface area contributed by atoms with Crippen LogP contribution in [0.3, 0.4) is 0 Å². The van der Waals surface area contributed by atoms with Crippen LogP contribution in [0.2, 0.25) is 10.0 Å². The molecule has 0 radical (unpaired) electrons. The van der Waals surface area contributed by atoms with E-state index < -0.39 is 6.04 Å². The van der Waals surface area contributed by atoms with E-state index in [9.17, 15) is 9.59 Å². The molecule has 0 heterocycles. The van der Waals surface area contributed by atoms with Gasteiger partial charge in [0, 0.05) is 22.3 Å². The molecule has 26 heavy (non-hydrogen) atoms. The second-order valence-electron chi connectivity index (χ2n) is 6.30. The molecule has 1 aliphatic carbocycles. The fourth-order valence-electron chi connectivity index (χ4n) is 2.36. The number of nitrogens with one attached hydrogen (secondary N) is 3. The van der Waals surface area contributed by atoms with Crippen molar-refractivity contribution in [3.8, 4) is 0 Å². The van der Waals surface area contributed by atoms with Gasteiger partial charge in [-0.3, -0.25) is 9.59 Å². The Morgan fingerprint density at radius 1 is 1.08 bits per heavy atom. The van der Waals surface area contributed by atoms with Crippen molar-refractivity contribution in [1.29, 1.82) is 0 Å². The van der Waals surface area contributed by atoms with Crippen molar-refractivity contribution in [2.24, 2.45) is 0 Å². The Kier molecular flexibility index (Phi) is 5.69. The molecule has 7 heteroatoms. The molecule has 1 saturated carbocycles. The predicted octanol–water partition coefficient (Wildman–Crippen LogP) is 4.32. The molecule has 0 saturated heterocycles. The van der Waals surface area contributed by atoms with Gasteiger partial charge in [-0.25, -0.2) is 0 Å². The number of amides is 2. The average molecular weight is 392 g/mol. The standard InChI is InChI=1S/C19H19Cl2N3O2/c1-11(18(25)24-17-9-4-13(20)10-16(17)21)22-14-5-2-12(3-6-14)19(26)23-15-7-8-15/h2-6,9-11,15,22H,7-8H2,1H3,(H,23,26)(H,24,25). The van der Waals surface area contributed by atoms with Gasteiger partial charge in [0.1, 0.15) is 6.04 Å². The normalized spacial score (nSPS) is 14.4. The fraction of sp³-hybridized carbons (Fsp3) is 0.263. The van der Waals surface area contributed by atoms with Crippen LogP contribution in [0.25, 0.3) is 0 Å². The maximum atomic E-state index is 12.3. The number of hydrogen-bond acceptors (Lipinski definition) is 3. The number of benzene rings is 2. The van der Waals surface area contributed by atoms with Crippen molar-refractivity contribution in [2.75, 3.05) is 10.6 Å². The summed E-state index contributed by atoms with van der Waals surface area (Å²) < 4.78 is 0. The number of hydrogen-bond donors (Lipinski definition) is 3. The maximum Gasteiger partial charge on any atom is 0.251 e. The Morgan fingerprint density at radius 3 is 2.38 bits per heavy atom. The summed E-state index contributed by atoms with van der Waals surface area (Å²) >= 11 is 11.9. The summed E-state index contributed by atoms with van der Waals surface area (Å²) in [6.07, 6.45) is 2.10. The molecular formula is C19H19Cl2N3O2. The van der Waals surface area contributed by atoms with Crippen LogP contribution in [-0.2, 0) is 4.79 Å². The minimum Gasteiger partial charge on any atom is -0.374 e. The first-order valence-corrected chi connectivity index (χ1v) is 9.11. The molecule has 1 fully saturated rings. The van der Waals surface area contributed by atoms with E-state index in [1.54, 1.807) is 49.4 Å². The summed E-state index contributed by atoms with van der Waals surface area (Å²) in [6.45, 7) is 1.74. The van der Waals surface area contributed by atoms with E-state index in [-0.39, 0.29) is 11.8 Å². The third-order valence-electron chi connectivity index (χ3n) is 4.03. The van der Waals surface area contributed by atoms with Gasteiger partial charge in [-0.15, -0.1) is 0 Å². The molecule has 3 rings (SSSR count). The van der Waals surface area contributed by atoms with Crippen LogP contribution in [0.15, 0.2) is 42.5 Å². The van der Waals surface area contributed by atoms with Gasteiger partial charge in [-0.05, 0) is 62.2 Å². The highest BCUT2D eigenvalue weighted by atomic mass is 35.5. The van der Waals surface area contributed by atoms with Gasteiger partial charge in [0.2, 0.25) is 5.91 Å². The summed E-state index contributed by atoms with van der Waals surface area (Å²) in [5, 5.41) is 9.68. The summed E-state index contributed by atoms with van der Waals surface area (Å²) in [5.74, 6) is -0.299. The third kappa shape index (κ3) is 4.90. The molecule has 1 unspecified atom stereocenters. The first-order valence-electron chi connectivity index (χ1n) is 8.36. The Morgan fingerprint density at radius 2 is 1.77 bits per heavy atom. The average Bonchev–Trinajstić information content (AvgIpc) is 3.41. The first kappa shape index (κ1) is 18.5. The van der Waals surface area contributed by atoms with Crippen LogP contribution >= 0.6 is 23.2 Å². The van der Waals surface area contributed by atoms with E-state index in [1.807, 2.05) is 0 Å². The monoisotopic (exact) mass is 391 g/mol. The molecule has 1 atom stereocenters. The minimum absolute atomic E-state index is 0.0674. The molecular weight excluding hydrogens is 373 g/mol. The Bertz CT molecular complexity index is 820. The maximum absolute atomic E-state index is 12.3. The number of anilines is 2. The summed E-state index contributed by atoms with van der Waals surface area (Å²) in [6, 6.07) is 11.7. The van der Waals surface area contributed by atoms with E-state index in [0.717, 1.165) is 18.5 Å². The molecule has 3 N–H and O–H groups in total. The molecule has 0 aliphatic heterocycles. The van der Waals surface area contributed by atoms with Gasteiger partial charge < -0.3 is 16.0 Å². The smallest absolute Gasteiger partial charge is 0.251 e. The predicted molar refractivity (Wildman–Crippen MR) is 105 cm³/mol. The van der Waals surface area contributed by atoms with Gasteiger partial charge in [-0.2, -0.15) is 0 Å². The van der Waals surface area contributed by atoms with Crippen LogP contribution in [0, 0.1) is 0 Å².